The highest BCUT2D eigenvalue weighted by molar-refractivity contribution is 7.83. The molecule has 92 valence electrons. The Labute approximate surface area is 104 Å². The quantitative estimate of drug-likeness (QED) is 0.318. The van der Waals surface area contributed by atoms with E-state index in [-0.39, 0.29) is 0 Å². The molecule has 0 aromatic heterocycles. The van der Waals surface area contributed by atoms with Gasteiger partial charge in [0, 0.05) is 19.3 Å². The van der Waals surface area contributed by atoms with Gasteiger partial charge in [-0.2, -0.15) is 0 Å². The Kier molecular flexibility index (Phi) is 7.49. The van der Waals surface area contributed by atoms with Gasteiger partial charge in [0.15, 0.2) is 4.39 Å². The molecule has 3 nitrogen and oxygen atoms in total. The number of hydrogen-bond acceptors (Lipinski definition) is 4. The Bertz CT molecular complexity index is 158. The van der Waals surface area contributed by atoms with E-state index in [2.05, 4.69) is 19.6 Å². The molecule has 0 heterocycles. The van der Waals surface area contributed by atoms with Crippen molar-refractivity contribution in [1.29, 1.82) is 0 Å². The summed E-state index contributed by atoms with van der Waals surface area (Å²) in [5.41, 5.74) is 0. The molecule has 1 atom stereocenters. The highest BCUT2D eigenvalue weighted by atomic mass is 35.5. The van der Waals surface area contributed by atoms with E-state index in [0.29, 0.717) is 13.2 Å². The molecule has 0 radical (unpaired) electrons. The van der Waals surface area contributed by atoms with Crippen LogP contribution < -0.4 is 0 Å². The summed E-state index contributed by atoms with van der Waals surface area (Å²) in [5, 5.41) is 0. The minimum atomic E-state index is -2.64. The summed E-state index contributed by atoms with van der Waals surface area (Å²) >= 11 is 10.1. The van der Waals surface area contributed by atoms with Gasteiger partial charge in [0.25, 0.3) is 0 Å². The molecule has 0 bridgehead atoms. The van der Waals surface area contributed by atoms with Crippen LogP contribution in [-0.4, -0.2) is 26.4 Å². The Hall–Kier alpha value is 0.737. The van der Waals surface area contributed by atoms with Crippen LogP contribution in [0.15, 0.2) is 0 Å². The second kappa shape index (κ2) is 7.14. The molecule has 6 heteroatoms. The van der Waals surface area contributed by atoms with Crippen molar-refractivity contribution in [1.82, 2.24) is 0 Å². The number of halogens is 1. The second-order valence-electron chi connectivity index (χ2n) is 3.27. The van der Waals surface area contributed by atoms with Gasteiger partial charge in [-0.25, -0.2) is 0 Å². The third kappa shape index (κ3) is 6.81. The van der Waals surface area contributed by atoms with Crippen LogP contribution in [0.25, 0.3) is 0 Å². The van der Waals surface area contributed by atoms with Gasteiger partial charge in [-0.15, -0.1) is 12.6 Å². The van der Waals surface area contributed by atoms with Crippen molar-refractivity contribution < 1.29 is 13.3 Å². The first-order valence-electron chi connectivity index (χ1n) is 5.28. The first kappa shape index (κ1) is 15.7. The topological polar surface area (TPSA) is 27.7 Å². The summed E-state index contributed by atoms with van der Waals surface area (Å²) in [7, 11) is -2.64. The van der Waals surface area contributed by atoms with E-state index < -0.39 is 13.2 Å². The van der Waals surface area contributed by atoms with Gasteiger partial charge in [0.1, 0.15) is 0 Å². The van der Waals surface area contributed by atoms with Gasteiger partial charge in [0.2, 0.25) is 0 Å². The molecule has 0 spiro atoms. The van der Waals surface area contributed by atoms with E-state index in [1.165, 1.54) is 0 Å². The van der Waals surface area contributed by atoms with Crippen LogP contribution in [0.3, 0.4) is 0 Å². The molecule has 0 fully saturated rings. The summed E-state index contributed by atoms with van der Waals surface area (Å²) < 4.78 is 15.9. The first-order valence-corrected chi connectivity index (χ1v) is 8.04. The minimum Gasteiger partial charge on any atom is -0.374 e. The lowest BCUT2D eigenvalue weighted by molar-refractivity contribution is 0.0521. The van der Waals surface area contributed by atoms with Crippen molar-refractivity contribution in [2.75, 3.05) is 13.2 Å². The number of alkyl halides is 1. The van der Waals surface area contributed by atoms with Gasteiger partial charge >= 0.3 is 8.80 Å². The van der Waals surface area contributed by atoms with Crippen molar-refractivity contribution in [3.63, 3.8) is 0 Å². The molecule has 1 unspecified atom stereocenters. The zero-order valence-electron chi connectivity index (χ0n) is 9.88. The second-order valence-corrected chi connectivity index (χ2v) is 7.76. The monoisotopic (exact) mass is 272 g/mol. The molecule has 0 aliphatic carbocycles. The van der Waals surface area contributed by atoms with Gasteiger partial charge in [-0.05, 0) is 20.8 Å². The molecule has 0 N–H and O–H groups in total. The third-order valence-electron chi connectivity index (χ3n) is 1.63. The van der Waals surface area contributed by atoms with Crippen molar-refractivity contribution in [2.45, 2.75) is 44.6 Å². The molecule has 0 saturated heterocycles. The molecule has 0 saturated carbocycles. The van der Waals surface area contributed by atoms with Crippen LogP contribution in [0.1, 0.15) is 34.1 Å². The largest absolute Gasteiger partial charge is 0.502 e. The van der Waals surface area contributed by atoms with Crippen molar-refractivity contribution in [2.24, 2.45) is 0 Å². The summed E-state index contributed by atoms with van der Waals surface area (Å²) in [4.78, 5) is 0. The van der Waals surface area contributed by atoms with Crippen LogP contribution in [0.2, 0.25) is 6.04 Å². The highest BCUT2D eigenvalue weighted by Gasteiger charge is 2.44. The van der Waals surface area contributed by atoms with Crippen LogP contribution in [0.5, 0.6) is 0 Å². The van der Waals surface area contributed by atoms with E-state index in [1.807, 2.05) is 13.8 Å². The van der Waals surface area contributed by atoms with Crippen LogP contribution in [-0.2, 0) is 13.3 Å². The van der Waals surface area contributed by atoms with E-state index in [4.69, 9.17) is 24.9 Å². The average Bonchev–Trinajstić information content (AvgIpc) is 2.01. The smallest absolute Gasteiger partial charge is 0.374 e. The van der Waals surface area contributed by atoms with Crippen molar-refractivity contribution >= 4 is 33.0 Å². The Balaban J connectivity index is 4.60. The van der Waals surface area contributed by atoms with Crippen LogP contribution >= 0.6 is 24.2 Å². The van der Waals surface area contributed by atoms with E-state index in [1.54, 1.807) is 6.92 Å². The fraction of sp³-hybridized carbons (Fsp3) is 1.00. The lowest BCUT2D eigenvalue weighted by Crippen LogP contribution is -2.49. The molecule has 15 heavy (non-hydrogen) atoms. The SMILES string of the molecule is CCC[Si](OCC)(OCC)OC(C)(S)Cl. The fourth-order valence-electron chi connectivity index (χ4n) is 1.33. The van der Waals surface area contributed by atoms with Gasteiger partial charge in [-0.3, -0.25) is 0 Å². The van der Waals surface area contributed by atoms with E-state index in [9.17, 15) is 0 Å². The Morgan fingerprint density at radius 2 is 1.67 bits per heavy atom. The number of thiol groups is 1. The lowest BCUT2D eigenvalue weighted by Gasteiger charge is -2.33. The maximum absolute atomic E-state index is 5.94. The predicted molar refractivity (Wildman–Crippen MR) is 68.4 cm³/mol. The van der Waals surface area contributed by atoms with Crippen LogP contribution in [0, 0.1) is 0 Å². The van der Waals surface area contributed by atoms with Gasteiger partial charge in [-0.1, -0.05) is 24.9 Å². The normalized spacial score (nSPS) is 16.4. The number of hydrogen-bond donors (Lipinski definition) is 1. The Morgan fingerprint density at radius 1 is 1.20 bits per heavy atom. The Morgan fingerprint density at radius 3 is 1.93 bits per heavy atom. The maximum atomic E-state index is 5.94. The molecule has 0 aromatic rings. The summed E-state index contributed by atoms with van der Waals surface area (Å²) in [5.74, 6) is 0. The summed E-state index contributed by atoms with van der Waals surface area (Å²) in [6.07, 6.45) is 0.937. The predicted octanol–water partition coefficient (Wildman–Crippen LogP) is 3.27. The zero-order valence-corrected chi connectivity index (χ0v) is 12.5. The van der Waals surface area contributed by atoms with E-state index in [0.717, 1.165) is 12.5 Å². The molecule has 0 amide bonds. The van der Waals surface area contributed by atoms with Gasteiger partial charge < -0.3 is 13.3 Å². The number of rotatable bonds is 8. The molecule has 0 rings (SSSR count). The summed E-state index contributed by atoms with van der Waals surface area (Å²) in [6, 6.07) is 0.761. The standard InChI is InChI=1S/C9H21ClO3SSi/c1-5-8-15(11-6-2,12-7-3)13-9(4,10)14/h14H,5-8H2,1-4H3. The van der Waals surface area contributed by atoms with Crippen molar-refractivity contribution in [3.8, 4) is 0 Å². The third-order valence-corrected chi connectivity index (χ3v) is 5.38. The molecular weight excluding hydrogens is 252 g/mol. The van der Waals surface area contributed by atoms with Gasteiger partial charge in [0.05, 0.1) is 0 Å². The minimum absolute atomic E-state index is 0.562. The highest BCUT2D eigenvalue weighted by Crippen LogP contribution is 2.30. The van der Waals surface area contributed by atoms with E-state index >= 15 is 0 Å². The van der Waals surface area contributed by atoms with Crippen LogP contribution in [0.4, 0.5) is 0 Å². The average molecular weight is 273 g/mol. The van der Waals surface area contributed by atoms with Crippen molar-refractivity contribution in [3.05, 3.63) is 0 Å². The lowest BCUT2D eigenvalue weighted by atomic mass is 10.6. The zero-order chi connectivity index (χ0) is 11.9. The molecule has 0 aliphatic heterocycles. The molecule has 0 aromatic carbocycles. The molecule has 0 aliphatic rings. The summed E-state index contributed by atoms with van der Waals surface area (Å²) in [6.45, 7) is 8.70. The molecular formula is C9H21ClO3SSi. The first-order chi connectivity index (χ1) is 6.89. The maximum Gasteiger partial charge on any atom is 0.502 e. The fourth-order valence-corrected chi connectivity index (χ4v) is 4.75.